The van der Waals surface area contributed by atoms with Gasteiger partial charge < -0.3 is 9.84 Å². The molecule has 2 fully saturated rings. The fourth-order valence-electron chi connectivity index (χ4n) is 4.88. The zero-order valence-corrected chi connectivity index (χ0v) is 18.3. The summed E-state index contributed by atoms with van der Waals surface area (Å²) in [4.78, 5) is 2.54. The Labute approximate surface area is 180 Å². The van der Waals surface area contributed by atoms with E-state index in [1.54, 1.807) is 10.7 Å². The van der Waals surface area contributed by atoms with Crippen molar-refractivity contribution in [2.24, 2.45) is 5.92 Å². The number of aryl methyl sites for hydroxylation is 1. The highest BCUT2D eigenvalue weighted by Gasteiger charge is 2.40. The second-order valence-corrected chi connectivity index (χ2v) is 9.57. The van der Waals surface area contributed by atoms with Crippen LogP contribution in [0.2, 0.25) is 0 Å². The molecule has 0 saturated carbocycles. The van der Waals surface area contributed by atoms with Crippen molar-refractivity contribution in [1.82, 2.24) is 24.9 Å². The number of phenolic OH excluding ortho intramolecular Hbond substituents is 1. The number of piperidine rings is 2. The molecule has 0 aliphatic carbocycles. The van der Waals surface area contributed by atoms with Gasteiger partial charge in [-0.3, -0.25) is 4.90 Å². The molecule has 7 nitrogen and oxygen atoms in total. The van der Waals surface area contributed by atoms with Gasteiger partial charge in [-0.05, 0) is 57.4 Å². The minimum atomic E-state index is 0.158. The number of rotatable bonds is 4. The third kappa shape index (κ3) is 3.58. The Morgan fingerprint density at radius 1 is 1.17 bits per heavy atom. The summed E-state index contributed by atoms with van der Waals surface area (Å²) < 4.78 is 7.99. The molecule has 158 valence electrons. The summed E-state index contributed by atoms with van der Waals surface area (Å²) in [5, 5.41) is 24.7. The van der Waals surface area contributed by atoms with Gasteiger partial charge in [0.15, 0.2) is 5.01 Å². The molecule has 2 bridgehead atoms. The highest BCUT2D eigenvalue weighted by molar-refractivity contribution is 7.16. The van der Waals surface area contributed by atoms with Gasteiger partial charge in [0, 0.05) is 30.8 Å². The minimum absolute atomic E-state index is 0.158. The Balaban J connectivity index is 1.31. The van der Waals surface area contributed by atoms with Gasteiger partial charge in [0.05, 0.1) is 16.9 Å². The normalized spacial score (nSPS) is 26.6. The van der Waals surface area contributed by atoms with Gasteiger partial charge in [-0.1, -0.05) is 23.4 Å². The van der Waals surface area contributed by atoms with E-state index in [0.29, 0.717) is 33.8 Å². The second kappa shape index (κ2) is 7.67. The first-order valence-electron chi connectivity index (χ1n) is 10.6. The van der Waals surface area contributed by atoms with Crippen LogP contribution in [0.15, 0.2) is 30.5 Å². The van der Waals surface area contributed by atoms with E-state index in [9.17, 15) is 5.11 Å². The predicted molar refractivity (Wildman–Crippen MR) is 116 cm³/mol. The van der Waals surface area contributed by atoms with Gasteiger partial charge >= 0.3 is 0 Å². The topological polar surface area (TPSA) is 76.3 Å². The molecule has 5 rings (SSSR count). The molecular formula is C22H27N5O2S. The van der Waals surface area contributed by atoms with Crippen molar-refractivity contribution in [2.75, 3.05) is 7.05 Å². The number of aromatic hydroxyl groups is 1. The molecule has 1 aromatic carbocycles. The van der Waals surface area contributed by atoms with Crippen LogP contribution in [0.4, 0.5) is 0 Å². The summed E-state index contributed by atoms with van der Waals surface area (Å²) in [7, 11) is 2.25. The Bertz CT molecular complexity index is 1050. The largest absolute Gasteiger partial charge is 0.507 e. The molecule has 4 unspecified atom stereocenters. The minimum Gasteiger partial charge on any atom is -0.507 e. The number of benzene rings is 1. The van der Waals surface area contributed by atoms with E-state index in [-0.39, 0.29) is 11.9 Å². The molecule has 0 spiro atoms. The molecule has 8 heteroatoms. The maximum Gasteiger partial charge on any atom is 0.294 e. The van der Waals surface area contributed by atoms with Gasteiger partial charge in [0.1, 0.15) is 11.9 Å². The number of hydrogen-bond donors (Lipinski definition) is 1. The molecule has 2 aliphatic rings. The average Bonchev–Trinajstić information content (AvgIpc) is 3.35. The number of nitrogens with zero attached hydrogens (tertiary/aromatic N) is 5. The smallest absolute Gasteiger partial charge is 0.294 e. The molecule has 4 heterocycles. The molecular weight excluding hydrogens is 398 g/mol. The van der Waals surface area contributed by atoms with Gasteiger partial charge in [0.2, 0.25) is 0 Å². The molecule has 30 heavy (non-hydrogen) atoms. The van der Waals surface area contributed by atoms with Gasteiger partial charge in [-0.2, -0.15) is 5.10 Å². The lowest BCUT2D eigenvalue weighted by Gasteiger charge is -2.49. The quantitative estimate of drug-likeness (QED) is 0.680. The summed E-state index contributed by atoms with van der Waals surface area (Å²) in [6.45, 7) is 4.28. The predicted octanol–water partition coefficient (Wildman–Crippen LogP) is 4.04. The van der Waals surface area contributed by atoms with E-state index in [2.05, 4.69) is 34.2 Å². The van der Waals surface area contributed by atoms with Crippen LogP contribution in [0.5, 0.6) is 10.9 Å². The van der Waals surface area contributed by atoms with Crippen LogP contribution in [0.3, 0.4) is 0 Å². The van der Waals surface area contributed by atoms with E-state index in [0.717, 1.165) is 24.2 Å². The highest BCUT2D eigenvalue weighted by Crippen LogP contribution is 2.39. The molecule has 2 aromatic heterocycles. The van der Waals surface area contributed by atoms with Crippen LogP contribution in [0.25, 0.3) is 16.3 Å². The number of hydrogen-bond acceptors (Lipinski definition) is 7. The average molecular weight is 426 g/mol. The number of phenols is 1. The third-order valence-corrected chi connectivity index (χ3v) is 7.47. The van der Waals surface area contributed by atoms with Crippen molar-refractivity contribution in [3.8, 4) is 27.2 Å². The van der Waals surface area contributed by atoms with E-state index in [1.165, 1.54) is 24.2 Å². The molecule has 1 N–H and O–H groups in total. The van der Waals surface area contributed by atoms with E-state index >= 15 is 0 Å². The first-order chi connectivity index (χ1) is 14.5. The first kappa shape index (κ1) is 19.5. The summed E-state index contributed by atoms with van der Waals surface area (Å²) in [5.74, 6) is 0.864. The van der Waals surface area contributed by atoms with Crippen LogP contribution < -0.4 is 4.74 Å². The lowest BCUT2D eigenvalue weighted by Crippen LogP contribution is -2.55. The van der Waals surface area contributed by atoms with Crippen molar-refractivity contribution in [1.29, 1.82) is 0 Å². The zero-order valence-electron chi connectivity index (χ0n) is 17.5. The maximum atomic E-state index is 10.6. The Morgan fingerprint density at radius 3 is 2.80 bits per heavy atom. The summed E-state index contributed by atoms with van der Waals surface area (Å²) in [6, 6.07) is 8.58. The lowest BCUT2D eigenvalue weighted by molar-refractivity contribution is -0.0250. The summed E-state index contributed by atoms with van der Waals surface area (Å²) in [6.07, 6.45) is 6.68. The molecule has 0 amide bonds. The van der Waals surface area contributed by atoms with E-state index in [1.807, 2.05) is 31.3 Å². The summed E-state index contributed by atoms with van der Waals surface area (Å²) >= 11 is 1.39. The third-order valence-electron chi connectivity index (χ3n) is 6.62. The molecule has 4 atom stereocenters. The van der Waals surface area contributed by atoms with Crippen LogP contribution >= 0.6 is 11.3 Å². The molecule has 3 aromatic rings. The van der Waals surface area contributed by atoms with Crippen molar-refractivity contribution < 1.29 is 9.84 Å². The van der Waals surface area contributed by atoms with Crippen molar-refractivity contribution in [3.05, 3.63) is 36.2 Å². The standard InChI is InChI=1S/C22H27N5O2S/c1-13-4-5-15-10-17(12-19(13)26(15)3)29-22-24-23-21(30-22)18-7-6-16(11-20(18)28)27-9-8-14(2)25-27/h6-9,11,13,15,17,19,28H,4-5,10,12H2,1-3H3. The SMILES string of the molecule is Cc1ccn(-c2ccc(-c3nnc(OC4CC5CCC(C)C(C4)N5C)s3)c(O)c2)n1. The zero-order chi connectivity index (χ0) is 20.8. The number of ether oxygens (including phenoxy) is 1. The molecule has 0 radical (unpaired) electrons. The van der Waals surface area contributed by atoms with Crippen molar-refractivity contribution in [2.45, 2.75) is 57.7 Å². The van der Waals surface area contributed by atoms with E-state index in [4.69, 9.17) is 4.74 Å². The Morgan fingerprint density at radius 2 is 2.03 bits per heavy atom. The molecule has 2 aliphatic heterocycles. The van der Waals surface area contributed by atoms with Crippen molar-refractivity contribution >= 4 is 11.3 Å². The molecule has 2 saturated heterocycles. The van der Waals surface area contributed by atoms with Gasteiger partial charge in [0.25, 0.3) is 5.19 Å². The summed E-state index contributed by atoms with van der Waals surface area (Å²) in [5.41, 5.74) is 2.39. The maximum absolute atomic E-state index is 10.6. The van der Waals surface area contributed by atoms with Gasteiger partial charge in [-0.25, -0.2) is 4.68 Å². The second-order valence-electron chi connectivity index (χ2n) is 8.63. The van der Waals surface area contributed by atoms with Gasteiger partial charge in [-0.15, -0.1) is 5.10 Å². The monoisotopic (exact) mass is 425 g/mol. The number of fused-ring (bicyclic) bond motifs is 2. The fourth-order valence-corrected chi connectivity index (χ4v) is 5.68. The van der Waals surface area contributed by atoms with Crippen molar-refractivity contribution in [3.63, 3.8) is 0 Å². The van der Waals surface area contributed by atoms with Crippen LogP contribution in [-0.4, -0.2) is 55.2 Å². The number of aromatic nitrogens is 4. The first-order valence-corrected chi connectivity index (χ1v) is 11.4. The van der Waals surface area contributed by atoms with Crippen LogP contribution in [0, 0.1) is 12.8 Å². The van der Waals surface area contributed by atoms with Crippen LogP contribution in [0.1, 0.15) is 38.3 Å². The lowest BCUT2D eigenvalue weighted by atomic mass is 9.77. The Hall–Kier alpha value is -2.45. The van der Waals surface area contributed by atoms with Crippen LogP contribution in [-0.2, 0) is 0 Å². The Kier molecular flexibility index (Phi) is 4.99. The fraction of sp³-hybridized carbons (Fsp3) is 0.500. The van der Waals surface area contributed by atoms with E-state index < -0.39 is 0 Å². The highest BCUT2D eigenvalue weighted by atomic mass is 32.1.